The Hall–Kier alpha value is -2.43. The summed E-state index contributed by atoms with van der Waals surface area (Å²) in [5, 5.41) is 5.79. The van der Waals surface area contributed by atoms with E-state index in [1.54, 1.807) is 6.07 Å². The van der Waals surface area contributed by atoms with E-state index in [0.29, 0.717) is 11.5 Å². The van der Waals surface area contributed by atoms with Crippen molar-refractivity contribution in [3.05, 3.63) is 46.8 Å². The summed E-state index contributed by atoms with van der Waals surface area (Å²) in [6, 6.07) is 7.36. The van der Waals surface area contributed by atoms with Gasteiger partial charge in [0.05, 0.1) is 0 Å². The van der Waals surface area contributed by atoms with Crippen molar-refractivity contribution in [2.75, 3.05) is 17.7 Å². The standard InChI is InChI=1S/C15H18N4O/c1-9-7-12(5-6-13(9)16-4)14(20)19-15-17-10(2)8-11(3)18-15/h5-8,16H,1-4H3,(H,17,18,19,20). The highest BCUT2D eigenvalue weighted by atomic mass is 16.1. The van der Waals surface area contributed by atoms with E-state index in [2.05, 4.69) is 20.6 Å². The van der Waals surface area contributed by atoms with Crippen LogP contribution in [0.5, 0.6) is 0 Å². The Bertz CT molecular complexity index is 632. The lowest BCUT2D eigenvalue weighted by Gasteiger charge is -2.08. The average Bonchev–Trinajstić information content (AvgIpc) is 2.37. The second-order valence-electron chi connectivity index (χ2n) is 4.71. The molecule has 0 atom stereocenters. The van der Waals surface area contributed by atoms with Gasteiger partial charge < -0.3 is 5.32 Å². The molecule has 1 aromatic carbocycles. The lowest BCUT2D eigenvalue weighted by molar-refractivity contribution is 0.102. The zero-order chi connectivity index (χ0) is 14.7. The number of anilines is 2. The molecule has 2 aromatic rings. The molecule has 5 heteroatoms. The first-order chi connectivity index (χ1) is 9.49. The van der Waals surface area contributed by atoms with Gasteiger partial charge in [-0.3, -0.25) is 10.1 Å². The predicted octanol–water partition coefficient (Wildman–Crippen LogP) is 2.70. The molecule has 0 bridgehead atoms. The van der Waals surface area contributed by atoms with Gasteiger partial charge in [0.1, 0.15) is 0 Å². The van der Waals surface area contributed by atoms with Crippen LogP contribution in [0.4, 0.5) is 11.6 Å². The van der Waals surface area contributed by atoms with Crippen LogP contribution in [0.15, 0.2) is 24.3 Å². The lowest BCUT2D eigenvalue weighted by Crippen LogP contribution is -2.15. The van der Waals surface area contributed by atoms with Gasteiger partial charge in [0, 0.05) is 29.7 Å². The summed E-state index contributed by atoms with van der Waals surface area (Å²) >= 11 is 0. The van der Waals surface area contributed by atoms with Crippen LogP contribution in [0.3, 0.4) is 0 Å². The number of carbonyl (C=O) groups excluding carboxylic acids is 1. The number of rotatable bonds is 3. The molecule has 0 aliphatic heterocycles. The normalized spacial score (nSPS) is 10.2. The van der Waals surface area contributed by atoms with Crippen LogP contribution < -0.4 is 10.6 Å². The van der Waals surface area contributed by atoms with Crippen LogP contribution in [0.25, 0.3) is 0 Å². The first kappa shape index (κ1) is 14.0. The number of hydrogen-bond acceptors (Lipinski definition) is 4. The SMILES string of the molecule is CNc1ccc(C(=O)Nc2nc(C)cc(C)n2)cc1C. The maximum absolute atomic E-state index is 12.2. The highest BCUT2D eigenvalue weighted by Gasteiger charge is 2.10. The molecule has 5 nitrogen and oxygen atoms in total. The summed E-state index contributed by atoms with van der Waals surface area (Å²) < 4.78 is 0. The molecular formula is C15H18N4O. The fourth-order valence-electron chi connectivity index (χ4n) is 2.04. The molecule has 0 radical (unpaired) electrons. The summed E-state index contributed by atoms with van der Waals surface area (Å²) in [5.41, 5.74) is 4.26. The number of aryl methyl sites for hydroxylation is 3. The van der Waals surface area contributed by atoms with Crippen molar-refractivity contribution in [1.29, 1.82) is 0 Å². The molecule has 0 spiro atoms. The van der Waals surface area contributed by atoms with Crippen molar-refractivity contribution >= 4 is 17.5 Å². The Kier molecular flexibility index (Phi) is 3.98. The molecule has 0 aliphatic rings. The third-order valence-electron chi connectivity index (χ3n) is 2.97. The van der Waals surface area contributed by atoms with Crippen molar-refractivity contribution < 1.29 is 4.79 Å². The zero-order valence-electron chi connectivity index (χ0n) is 12.1. The molecule has 2 N–H and O–H groups in total. The number of amides is 1. The van der Waals surface area contributed by atoms with Crippen molar-refractivity contribution in [2.45, 2.75) is 20.8 Å². The van der Waals surface area contributed by atoms with E-state index in [0.717, 1.165) is 22.6 Å². The van der Waals surface area contributed by atoms with Gasteiger partial charge in [0.15, 0.2) is 0 Å². The van der Waals surface area contributed by atoms with Crippen LogP contribution in [-0.4, -0.2) is 22.9 Å². The number of hydrogen-bond donors (Lipinski definition) is 2. The van der Waals surface area contributed by atoms with E-state index in [1.807, 2.05) is 46.0 Å². The van der Waals surface area contributed by atoms with Gasteiger partial charge in [0.25, 0.3) is 5.91 Å². The van der Waals surface area contributed by atoms with E-state index in [4.69, 9.17) is 0 Å². The highest BCUT2D eigenvalue weighted by molar-refractivity contribution is 6.03. The Labute approximate surface area is 118 Å². The summed E-state index contributed by atoms with van der Waals surface area (Å²) in [4.78, 5) is 20.6. The van der Waals surface area contributed by atoms with E-state index in [1.165, 1.54) is 0 Å². The summed E-state index contributed by atoms with van der Waals surface area (Å²) in [6.07, 6.45) is 0. The molecule has 1 amide bonds. The first-order valence-electron chi connectivity index (χ1n) is 6.41. The van der Waals surface area contributed by atoms with E-state index in [9.17, 15) is 4.79 Å². The zero-order valence-corrected chi connectivity index (χ0v) is 12.1. The van der Waals surface area contributed by atoms with Gasteiger partial charge in [-0.05, 0) is 50.6 Å². The average molecular weight is 270 g/mol. The van der Waals surface area contributed by atoms with Crippen LogP contribution in [-0.2, 0) is 0 Å². The summed E-state index contributed by atoms with van der Waals surface area (Å²) in [7, 11) is 1.85. The van der Waals surface area contributed by atoms with Gasteiger partial charge in [-0.25, -0.2) is 9.97 Å². The molecule has 1 heterocycles. The fourth-order valence-corrected chi connectivity index (χ4v) is 2.04. The third kappa shape index (κ3) is 3.12. The second-order valence-corrected chi connectivity index (χ2v) is 4.71. The Morgan fingerprint density at radius 1 is 1.05 bits per heavy atom. The molecule has 0 saturated carbocycles. The lowest BCUT2D eigenvalue weighted by atomic mass is 10.1. The molecule has 2 rings (SSSR count). The minimum atomic E-state index is -0.208. The van der Waals surface area contributed by atoms with Crippen molar-refractivity contribution in [2.24, 2.45) is 0 Å². The van der Waals surface area contributed by atoms with Crippen LogP contribution in [0.1, 0.15) is 27.3 Å². The Balaban J connectivity index is 2.21. The van der Waals surface area contributed by atoms with E-state index >= 15 is 0 Å². The van der Waals surface area contributed by atoms with Gasteiger partial charge in [-0.15, -0.1) is 0 Å². The van der Waals surface area contributed by atoms with Gasteiger partial charge >= 0.3 is 0 Å². The first-order valence-corrected chi connectivity index (χ1v) is 6.41. The minimum absolute atomic E-state index is 0.208. The molecule has 0 aliphatic carbocycles. The summed E-state index contributed by atoms with van der Waals surface area (Å²) in [6.45, 7) is 5.70. The fraction of sp³-hybridized carbons (Fsp3) is 0.267. The highest BCUT2D eigenvalue weighted by Crippen LogP contribution is 2.16. The smallest absolute Gasteiger partial charge is 0.258 e. The number of nitrogens with one attached hydrogen (secondary N) is 2. The molecule has 1 aromatic heterocycles. The molecule has 104 valence electrons. The maximum Gasteiger partial charge on any atom is 0.258 e. The van der Waals surface area contributed by atoms with Crippen LogP contribution in [0, 0.1) is 20.8 Å². The van der Waals surface area contributed by atoms with E-state index < -0.39 is 0 Å². The van der Waals surface area contributed by atoms with Crippen molar-refractivity contribution in [1.82, 2.24) is 9.97 Å². The molecule has 0 fully saturated rings. The van der Waals surface area contributed by atoms with Gasteiger partial charge in [0.2, 0.25) is 5.95 Å². The predicted molar refractivity (Wildman–Crippen MR) is 80.2 cm³/mol. The Morgan fingerprint density at radius 3 is 2.25 bits per heavy atom. The number of nitrogens with zero attached hydrogens (tertiary/aromatic N) is 2. The van der Waals surface area contributed by atoms with Crippen LogP contribution >= 0.6 is 0 Å². The second kappa shape index (κ2) is 5.69. The molecule has 20 heavy (non-hydrogen) atoms. The molecule has 0 unspecified atom stereocenters. The third-order valence-corrected chi connectivity index (χ3v) is 2.97. The number of benzene rings is 1. The largest absolute Gasteiger partial charge is 0.388 e. The monoisotopic (exact) mass is 270 g/mol. The molecule has 0 saturated heterocycles. The topological polar surface area (TPSA) is 66.9 Å². The van der Waals surface area contributed by atoms with E-state index in [-0.39, 0.29) is 5.91 Å². The van der Waals surface area contributed by atoms with Crippen molar-refractivity contribution in [3.8, 4) is 0 Å². The number of aromatic nitrogens is 2. The summed E-state index contributed by atoms with van der Waals surface area (Å²) in [5.74, 6) is 0.128. The minimum Gasteiger partial charge on any atom is -0.388 e. The van der Waals surface area contributed by atoms with Crippen molar-refractivity contribution in [3.63, 3.8) is 0 Å². The van der Waals surface area contributed by atoms with Gasteiger partial charge in [-0.1, -0.05) is 0 Å². The quantitative estimate of drug-likeness (QED) is 0.900. The molecular weight excluding hydrogens is 252 g/mol. The van der Waals surface area contributed by atoms with Gasteiger partial charge in [-0.2, -0.15) is 0 Å². The van der Waals surface area contributed by atoms with Crippen LogP contribution in [0.2, 0.25) is 0 Å². The number of carbonyl (C=O) groups is 1. The maximum atomic E-state index is 12.2. The Morgan fingerprint density at radius 2 is 1.70 bits per heavy atom.